The number of nitrogens with two attached hydrogens (primary N) is 2. The number of primary amides is 1. The monoisotopic (exact) mass is 302 g/mol. The lowest BCUT2D eigenvalue weighted by molar-refractivity contribution is -0.118. The molecule has 0 saturated carbocycles. The summed E-state index contributed by atoms with van der Waals surface area (Å²) >= 11 is 4.72. The van der Waals surface area contributed by atoms with E-state index >= 15 is 0 Å². The van der Waals surface area contributed by atoms with E-state index in [1.807, 2.05) is 0 Å². The first-order valence-corrected chi connectivity index (χ1v) is 7.26. The molecule has 9 heteroatoms. The minimum atomic E-state index is -3.65. The Morgan fingerprint density at radius 2 is 2.05 bits per heavy atom. The summed E-state index contributed by atoms with van der Waals surface area (Å²) in [7, 11) is -3.65. The Bertz CT molecular complexity index is 569. The lowest BCUT2D eigenvalue weighted by Gasteiger charge is -2.06. The van der Waals surface area contributed by atoms with Gasteiger partial charge in [-0.1, -0.05) is 12.2 Å². The smallest absolute Gasteiger partial charge is 0.242 e. The summed E-state index contributed by atoms with van der Waals surface area (Å²) in [5, 5.41) is 0. The highest BCUT2D eigenvalue weighted by Gasteiger charge is 2.14. The van der Waals surface area contributed by atoms with E-state index in [9.17, 15) is 13.2 Å². The highest BCUT2D eigenvalue weighted by molar-refractivity contribution is 7.89. The Hall–Kier alpha value is -1.58. The first-order chi connectivity index (χ1) is 8.83. The fourth-order valence-corrected chi connectivity index (χ4v) is 2.38. The summed E-state index contributed by atoms with van der Waals surface area (Å²) in [5.74, 6) is -0.471. The van der Waals surface area contributed by atoms with Crippen molar-refractivity contribution >= 4 is 33.1 Å². The first kappa shape index (κ1) is 15.5. The number of hydrogen-bond donors (Lipinski definition) is 3. The van der Waals surface area contributed by atoms with Crippen LogP contribution in [0, 0.1) is 0 Å². The zero-order chi connectivity index (χ0) is 14.5. The zero-order valence-corrected chi connectivity index (χ0v) is 11.6. The molecule has 5 N–H and O–H groups in total. The molecule has 0 aliphatic rings. The van der Waals surface area contributed by atoms with Crippen molar-refractivity contribution < 1.29 is 13.2 Å². The second-order valence-corrected chi connectivity index (χ2v) is 5.92. The predicted octanol–water partition coefficient (Wildman–Crippen LogP) is -0.740. The molecule has 0 radical (unpaired) electrons. The van der Waals surface area contributed by atoms with Crippen molar-refractivity contribution in [1.82, 2.24) is 9.71 Å². The van der Waals surface area contributed by atoms with Gasteiger partial charge in [0.05, 0.1) is 5.69 Å². The SMILES string of the molecule is NC(=O)CCCNS(=O)(=O)c1ccc(C(N)=S)nc1. The molecule has 0 fully saturated rings. The molecule has 0 atom stereocenters. The fraction of sp³-hybridized carbons (Fsp3) is 0.300. The van der Waals surface area contributed by atoms with Gasteiger partial charge in [-0.25, -0.2) is 13.1 Å². The Morgan fingerprint density at radius 1 is 1.37 bits per heavy atom. The van der Waals surface area contributed by atoms with E-state index in [1.165, 1.54) is 18.3 Å². The number of carbonyl (C=O) groups is 1. The third kappa shape index (κ3) is 4.89. The highest BCUT2D eigenvalue weighted by Crippen LogP contribution is 2.07. The number of pyridine rings is 1. The van der Waals surface area contributed by atoms with Gasteiger partial charge < -0.3 is 11.5 Å². The molecule has 0 saturated heterocycles. The van der Waals surface area contributed by atoms with Gasteiger partial charge in [0, 0.05) is 19.2 Å². The number of amides is 1. The molecule has 1 aromatic heterocycles. The van der Waals surface area contributed by atoms with Crippen LogP contribution in [0.4, 0.5) is 0 Å². The quantitative estimate of drug-likeness (QED) is 0.449. The maximum atomic E-state index is 11.8. The Kier molecular flexibility index (Phi) is 5.33. The zero-order valence-electron chi connectivity index (χ0n) is 10.00. The number of rotatable bonds is 7. The van der Waals surface area contributed by atoms with Crippen LogP contribution in [-0.4, -0.2) is 30.8 Å². The Morgan fingerprint density at radius 3 is 2.53 bits per heavy atom. The second-order valence-electron chi connectivity index (χ2n) is 3.71. The maximum Gasteiger partial charge on any atom is 0.242 e. The summed E-state index contributed by atoms with van der Waals surface area (Å²) in [6, 6.07) is 2.79. The van der Waals surface area contributed by atoms with Crippen LogP contribution in [0.15, 0.2) is 23.2 Å². The molecule has 1 amide bonds. The van der Waals surface area contributed by atoms with E-state index in [4.69, 9.17) is 23.7 Å². The third-order valence-corrected chi connectivity index (χ3v) is 3.85. The van der Waals surface area contributed by atoms with Crippen LogP contribution in [0.5, 0.6) is 0 Å². The van der Waals surface area contributed by atoms with Crippen LogP contribution >= 0.6 is 12.2 Å². The summed E-state index contributed by atoms with van der Waals surface area (Å²) in [6.07, 6.45) is 1.64. The van der Waals surface area contributed by atoms with Crippen LogP contribution in [0.25, 0.3) is 0 Å². The number of carbonyl (C=O) groups excluding carboxylic acids is 1. The second kappa shape index (κ2) is 6.55. The largest absolute Gasteiger partial charge is 0.388 e. The number of aromatic nitrogens is 1. The third-order valence-electron chi connectivity index (χ3n) is 2.19. The number of sulfonamides is 1. The molecular formula is C10H14N4O3S2. The van der Waals surface area contributed by atoms with Gasteiger partial charge >= 0.3 is 0 Å². The number of hydrogen-bond acceptors (Lipinski definition) is 5. The van der Waals surface area contributed by atoms with E-state index in [0.717, 1.165) is 0 Å². The van der Waals surface area contributed by atoms with Gasteiger partial charge in [0.25, 0.3) is 0 Å². The molecule has 104 valence electrons. The fourth-order valence-electron chi connectivity index (χ4n) is 1.24. The number of nitrogens with one attached hydrogen (secondary N) is 1. The molecule has 1 aromatic rings. The van der Waals surface area contributed by atoms with E-state index in [-0.39, 0.29) is 22.8 Å². The van der Waals surface area contributed by atoms with Crippen LogP contribution < -0.4 is 16.2 Å². The normalized spacial score (nSPS) is 11.2. The van der Waals surface area contributed by atoms with E-state index in [2.05, 4.69) is 9.71 Å². The molecule has 1 rings (SSSR count). The molecule has 1 heterocycles. The van der Waals surface area contributed by atoms with Gasteiger partial charge in [-0.05, 0) is 18.6 Å². The summed E-state index contributed by atoms with van der Waals surface area (Å²) in [5.41, 5.74) is 10.7. The lowest BCUT2D eigenvalue weighted by Crippen LogP contribution is -2.26. The van der Waals surface area contributed by atoms with Crippen molar-refractivity contribution in [1.29, 1.82) is 0 Å². The van der Waals surface area contributed by atoms with Crippen molar-refractivity contribution in [3.8, 4) is 0 Å². The van der Waals surface area contributed by atoms with Gasteiger partial charge in [-0.15, -0.1) is 0 Å². The Balaban J connectivity index is 2.66. The lowest BCUT2D eigenvalue weighted by atomic mass is 10.3. The number of thiocarbonyl (C=S) groups is 1. The average molecular weight is 302 g/mol. The highest BCUT2D eigenvalue weighted by atomic mass is 32.2. The van der Waals surface area contributed by atoms with E-state index in [0.29, 0.717) is 12.1 Å². The van der Waals surface area contributed by atoms with E-state index < -0.39 is 15.9 Å². The van der Waals surface area contributed by atoms with E-state index in [1.54, 1.807) is 0 Å². The van der Waals surface area contributed by atoms with Gasteiger partial charge in [-0.2, -0.15) is 0 Å². The molecule has 0 unspecified atom stereocenters. The minimum absolute atomic E-state index is 0.00609. The van der Waals surface area contributed by atoms with Gasteiger partial charge in [0.2, 0.25) is 15.9 Å². The summed E-state index contributed by atoms with van der Waals surface area (Å²) in [6.45, 7) is 0.127. The summed E-state index contributed by atoms with van der Waals surface area (Å²) in [4.78, 5) is 14.4. The standard InChI is InChI=1S/C10H14N4O3S2/c11-9(15)2-1-5-14-19(16,17)7-3-4-8(10(12)18)13-6-7/h3-4,6,14H,1-2,5H2,(H2,11,15)(H2,12,18). The molecular weight excluding hydrogens is 288 g/mol. The van der Waals surface area contributed by atoms with Crippen molar-refractivity contribution in [2.75, 3.05) is 6.54 Å². The maximum absolute atomic E-state index is 11.8. The van der Waals surface area contributed by atoms with Crippen molar-refractivity contribution in [3.05, 3.63) is 24.0 Å². The predicted molar refractivity (Wildman–Crippen MR) is 73.7 cm³/mol. The van der Waals surface area contributed by atoms with Crippen LogP contribution in [0.2, 0.25) is 0 Å². The summed E-state index contributed by atoms with van der Waals surface area (Å²) < 4.78 is 26.0. The first-order valence-electron chi connectivity index (χ1n) is 5.37. The molecule has 0 aromatic carbocycles. The molecule has 0 aliphatic carbocycles. The van der Waals surface area contributed by atoms with Gasteiger partial charge in [-0.3, -0.25) is 9.78 Å². The molecule has 0 spiro atoms. The van der Waals surface area contributed by atoms with Crippen molar-refractivity contribution in [2.45, 2.75) is 17.7 Å². The number of nitrogens with zero attached hydrogens (tertiary/aromatic N) is 1. The molecule has 0 aliphatic heterocycles. The minimum Gasteiger partial charge on any atom is -0.388 e. The average Bonchev–Trinajstić information content (AvgIpc) is 2.34. The van der Waals surface area contributed by atoms with Gasteiger partial charge in [0.15, 0.2) is 0 Å². The molecule has 19 heavy (non-hydrogen) atoms. The molecule has 0 bridgehead atoms. The van der Waals surface area contributed by atoms with Crippen LogP contribution in [0.1, 0.15) is 18.5 Å². The van der Waals surface area contributed by atoms with Crippen molar-refractivity contribution in [2.24, 2.45) is 11.5 Å². The Labute approximate surface area is 116 Å². The van der Waals surface area contributed by atoms with Crippen LogP contribution in [-0.2, 0) is 14.8 Å². The van der Waals surface area contributed by atoms with Crippen LogP contribution in [0.3, 0.4) is 0 Å². The van der Waals surface area contributed by atoms with Gasteiger partial charge in [0.1, 0.15) is 9.88 Å². The van der Waals surface area contributed by atoms with Crippen molar-refractivity contribution in [3.63, 3.8) is 0 Å². The molecule has 7 nitrogen and oxygen atoms in total. The topological polar surface area (TPSA) is 128 Å².